The van der Waals surface area contributed by atoms with Crippen molar-refractivity contribution < 1.29 is 4.74 Å². The molecule has 0 atom stereocenters. The third-order valence-electron chi connectivity index (χ3n) is 2.18. The fourth-order valence-corrected chi connectivity index (χ4v) is 1.98. The van der Waals surface area contributed by atoms with Crippen LogP contribution in [0.1, 0.15) is 11.5 Å². The van der Waals surface area contributed by atoms with E-state index in [0.29, 0.717) is 27.4 Å². The topological polar surface area (TPSA) is 61.0 Å². The lowest BCUT2D eigenvalue weighted by atomic mass is 10.3. The minimum absolute atomic E-state index is 0.162. The summed E-state index contributed by atoms with van der Waals surface area (Å²) in [5, 5.41) is 0.895. The van der Waals surface area contributed by atoms with Gasteiger partial charge in [-0.05, 0) is 19.1 Å². The van der Waals surface area contributed by atoms with E-state index in [1.165, 1.54) is 0 Å². The van der Waals surface area contributed by atoms with Crippen molar-refractivity contribution in [3.63, 3.8) is 0 Å². The minimum Gasteiger partial charge on any atom is -0.482 e. The molecule has 0 fully saturated rings. The Hall–Kier alpha value is -1.52. The molecule has 0 aliphatic carbocycles. The van der Waals surface area contributed by atoms with Crippen LogP contribution in [0.3, 0.4) is 0 Å². The van der Waals surface area contributed by atoms with E-state index < -0.39 is 0 Å². The maximum Gasteiger partial charge on any atom is 0.168 e. The van der Waals surface area contributed by atoms with Crippen molar-refractivity contribution in [1.82, 2.24) is 9.97 Å². The number of anilines is 1. The standard InChI is InChI=1S/C12H11Cl2N3O/c1-7-5-10(15)17-11(16-7)6-18-12-8(13)3-2-4-9(12)14/h2-5H,6H2,1H3,(H2,15,16,17). The number of nitrogens with two attached hydrogens (primary N) is 1. The molecule has 0 bridgehead atoms. The van der Waals surface area contributed by atoms with Gasteiger partial charge in [-0.15, -0.1) is 0 Å². The van der Waals surface area contributed by atoms with Gasteiger partial charge in [0.1, 0.15) is 12.4 Å². The van der Waals surface area contributed by atoms with Gasteiger partial charge in [-0.25, -0.2) is 9.97 Å². The van der Waals surface area contributed by atoms with Gasteiger partial charge in [-0.3, -0.25) is 0 Å². The number of nitrogens with zero attached hydrogens (tertiary/aromatic N) is 2. The zero-order valence-electron chi connectivity index (χ0n) is 9.65. The number of hydrogen-bond acceptors (Lipinski definition) is 4. The molecular formula is C12H11Cl2N3O. The monoisotopic (exact) mass is 283 g/mol. The van der Waals surface area contributed by atoms with Crippen LogP contribution >= 0.6 is 23.2 Å². The number of nitrogen functional groups attached to an aromatic ring is 1. The Labute approximate surface area is 115 Å². The van der Waals surface area contributed by atoms with Gasteiger partial charge >= 0.3 is 0 Å². The highest BCUT2D eigenvalue weighted by Crippen LogP contribution is 2.32. The van der Waals surface area contributed by atoms with E-state index in [-0.39, 0.29) is 6.61 Å². The molecule has 0 saturated carbocycles. The number of benzene rings is 1. The molecule has 94 valence electrons. The molecule has 0 radical (unpaired) electrons. The molecular weight excluding hydrogens is 273 g/mol. The smallest absolute Gasteiger partial charge is 0.168 e. The second kappa shape index (κ2) is 5.42. The normalized spacial score (nSPS) is 10.4. The lowest BCUT2D eigenvalue weighted by molar-refractivity contribution is 0.296. The van der Waals surface area contributed by atoms with Crippen molar-refractivity contribution in [2.24, 2.45) is 0 Å². The summed E-state index contributed by atoms with van der Waals surface area (Å²) in [6.45, 7) is 2.00. The number of para-hydroxylation sites is 1. The molecule has 0 aliphatic heterocycles. The molecule has 0 saturated heterocycles. The molecule has 4 nitrogen and oxygen atoms in total. The maximum absolute atomic E-state index is 5.98. The second-order valence-corrected chi connectivity index (χ2v) is 4.50. The molecule has 0 spiro atoms. The quantitative estimate of drug-likeness (QED) is 0.939. The molecule has 2 N–H and O–H groups in total. The van der Waals surface area contributed by atoms with Gasteiger partial charge in [-0.1, -0.05) is 29.3 Å². The summed E-state index contributed by atoms with van der Waals surface area (Å²) in [4.78, 5) is 8.27. The van der Waals surface area contributed by atoms with Crippen LogP contribution in [0.5, 0.6) is 5.75 Å². The molecule has 1 heterocycles. The van der Waals surface area contributed by atoms with E-state index in [0.717, 1.165) is 5.69 Å². The molecule has 2 rings (SSSR count). The molecule has 1 aromatic carbocycles. The number of ether oxygens (including phenoxy) is 1. The molecule has 0 aliphatic rings. The van der Waals surface area contributed by atoms with Crippen LogP contribution in [0.15, 0.2) is 24.3 Å². The summed E-state index contributed by atoms with van der Waals surface area (Å²) < 4.78 is 5.52. The molecule has 0 amide bonds. The number of aromatic nitrogens is 2. The van der Waals surface area contributed by atoms with Gasteiger partial charge in [0.05, 0.1) is 10.0 Å². The summed E-state index contributed by atoms with van der Waals surface area (Å²) in [6, 6.07) is 6.84. The summed E-state index contributed by atoms with van der Waals surface area (Å²) >= 11 is 12.0. The fraction of sp³-hybridized carbons (Fsp3) is 0.167. The van der Waals surface area contributed by atoms with Crippen molar-refractivity contribution in [3.8, 4) is 5.75 Å². The van der Waals surface area contributed by atoms with Gasteiger partial charge in [0.25, 0.3) is 0 Å². The van der Waals surface area contributed by atoms with Crippen LogP contribution in [-0.4, -0.2) is 9.97 Å². The fourth-order valence-electron chi connectivity index (χ4n) is 1.48. The summed E-state index contributed by atoms with van der Waals surface area (Å²) in [5.41, 5.74) is 6.41. The average molecular weight is 284 g/mol. The first kappa shape index (κ1) is 12.9. The van der Waals surface area contributed by atoms with Crippen LogP contribution < -0.4 is 10.5 Å². The predicted octanol–water partition coefficient (Wildman–Crippen LogP) is 3.25. The predicted molar refractivity (Wildman–Crippen MR) is 72.0 cm³/mol. The van der Waals surface area contributed by atoms with E-state index in [4.69, 9.17) is 33.7 Å². The highest BCUT2D eigenvalue weighted by molar-refractivity contribution is 6.37. The zero-order chi connectivity index (χ0) is 13.1. The van der Waals surface area contributed by atoms with Crippen LogP contribution in [0.2, 0.25) is 10.0 Å². The molecule has 6 heteroatoms. The summed E-state index contributed by atoms with van der Waals surface area (Å²) in [5.74, 6) is 1.32. The second-order valence-electron chi connectivity index (χ2n) is 3.69. The maximum atomic E-state index is 5.98. The van der Waals surface area contributed by atoms with Crippen molar-refractivity contribution >= 4 is 29.0 Å². The average Bonchev–Trinajstić information content (AvgIpc) is 2.27. The summed E-state index contributed by atoms with van der Waals surface area (Å²) in [7, 11) is 0. The summed E-state index contributed by atoms with van der Waals surface area (Å²) in [6.07, 6.45) is 0. The SMILES string of the molecule is Cc1cc(N)nc(COc2c(Cl)cccc2Cl)n1. The van der Waals surface area contributed by atoms with E-state index in [9.17, 15) is 0 Å². The Kier molecular flexibility index (Phi) is 3.89. The van der Waals surface area contributed by atoms with Crippen LogP contribution in [0.4, 0.5) is 5.82 Å². The Morgan fingerprint density at radius 3 is 2.50 bits per heavy atom. The van der Waals surface area contributed by atoms with Crippen molar-refractivity contribution in [1.29, 1.82) is 0 Å². The Morgan fingerprint density at radius 2 is 1.89 bits per heavy atom. The molecule has 0 unspecified atom stereocenters. The van der Waals surface area contributed by atoms with E-state index in [1.807, 2.05) is 6.92 Å². The lowest BCUT2D eigenvalue weighted by Crippen LogP contribution is -2.05. The zero-order valence-corrected chi connectivity index (χ0v) is 11.2. The number of hydrogen-bond donors (Lipinski definition) is 1. The van der Waals surface area contributed by atoms with Crippen LogP contribution in [0, 0.1) is 6.92 Å². The molecule has 18 heavy (non-hydrogen) atoms. The number of halogens is 2. The first-order chi connectivity index (χ1) is 8.56. The van der Waals surface area contributed by atoms with Gasteiger partial charge in [-0.2, -0.15) is 0 Å². The third kappa shape index (κ3) is 3.03. The van der Waals surface area contributed by atoms with Gasteiger partial charge in [0.2, 0.25) is 0 Å². The van der Waals surface area contributed by atoms with Gasteiger partial charge in [0, 0.05) is 11.8 Å². The van der Waals surface area contributed by atoms with E-state index >= 15 is 0 Å². The van der Waals surface area contributed by atoms with Crippen LogP contribution in [0.25, 0.3) is 0 Å². The third-order valence-corrected chi connectivity index (χ3v) is 2.78. The van der Waals surface area contributed by atoms with Crippen LogP contribution in [-0.2, 0) is 6.61 Å². The van der Waals surface area contributed by atoms with Gasteiger partial charge < -0.3 is 10.5 Å². The van der Waals surface area contributed by atoms with E-state index in [2.05, 4.69) is 9.97 Å². The van der Waals surface area contributed by atoms with Crippen molar-refractivity contribution in [3.05, 3.63) is 45.8 Å². The van der Waals surface area contributed by atoms with Crippen molar-refractivity contribution in [2.45, 2.75) is 13.5 Å². The number of rotatable bonds is 3. The van der Waals surface area contributed by atoms with Crippen molar-refractivity contribution in [2.75, 3.05) is 5.73 Å². The first-order valence-corrected chi connectivity index (χ1v) is 5.98. The molecule has 2 aromatic rings. The molecule has 1 aromatic heterocycles. The highest BCUT2D eigenvalue weighted by atomic mass is 35.5. The Morgan fingerprint density at radius 1 is 1.22 bits per heavy atom. The lowest BCUT2D eigenvalue weighted by Gasteiger charge is -2.09. The minimum atomic E-state index is 0.162. The Balaban J connectivity index is 2.16. The van der Waals surface area contributed by atoms with E-state index in [1.54, 1.807) is 24.3 Å². The first-order valence-electron chi connectivity index (χ1n) is 5.23. The van der Waals surface area contributed by atoms with Gasteiger partial charge in [0.15, 0.2) is 11.6 Å². The Bertz CT molecular complexity index is 535. The highest BCUT2D eigenvalue weighted by Gasteiger charge is 2.08. The number of aryl methyl sites for hydroxylation is 1. The largest absolute Gasteiger partial charge is 0.482 e.